The molecule has 0 saturated heterocycles. The number of esters is 1. The Kier molecular flexibility index (Phi) is 25.1. The standard InChI is InChI=1S/C26H39N3O4.2C25H37N3O3.C24H37N3O2/c1-4-33-24(31)22-14-29(28-27-22)15-23(30)21-8-7-20-19-6-5-16-13-25(2,32)11-9-17(16)18(19)10-12-26(20,21)3;2*1-15(29)22-13-26-28(27-22)14-23(30)21-7-6-20-19-5-4-16-12-24(2,31)10-8-17(16)18(19)9-11-25(20,21)3;1-15-13-25-27(26-15)14-22(28)21-7-6-20-19-5-4-16-12-23(2,29)10-8-17(16)18(19)9-11-24(20,21)3/h14,16-21,32H,4-13,15H2,1-3H3;2*13,16-21,31H,4-12,14H2,1-3H3;13,16-21,29H,4-12,14H2,1-3H3/t16-,17+,18-,19-,20+,21-,25-,26+;2*16-,17+,18-,19-,20+,21-,24-,25+;16-,17+,18-,19-,20+,21-,23-,24+/m1111/s1. The summed E-state index contributed by atoms with van der Waals surface area (Å²) in [6, 6.07) is 0. The lowest BCUT2D eigenvalue weighted by molar-refractivity contribution is -0.133. The van der Waals surface area contributed by atoms with Crippen LogP contribution in [0.2, 0.25) is 0 Å². The van der Waals surface area contributed by atoms with Gasteiger partial charge in [0.25, 0.3) is 0 Å². The summed E-state index contributed by atoms with van der Waals surface area (Å²) in [6.07, 6.45) is 47.0. The number of ketones is 6. The largest absolute Gasteiger partial charge is 0.461 e. The van der Waals surface area contributed by atoms with Gasteiger partial charge < -0.3 is 25.2 Å². The summed E-state index contributed by atoms with van der Waals surface area (Å²) in [5.74, 6) is 15.4. The fraction of sp³-hybridized carbons (Fsp3) is 0.850. The van der Waals surface area contributed by atoms with E-state index in [1.165, 1.54) is 162 Å². The maximum Gasteiger partial charge on any atom is 0.360 e. The van der Waals surface area contributed by atoms with Gasteiger partial charge in [0.15, 0.2) is 40.4 Å². The minimum atomic E-state index is -0.498. The van der Waals surface area contributed by atoms with E-state index in [9.17, 15) is 54.0 Å². The minimum Gasteiger partial charge on any atom is -0.461 e. The summed E-state index contributed by atoms with van der Waals surface area (Å²) in [5, 5.41) is 75.5. The monoisotopic (exact) mass is 1710 g/mol. The third kappa shape index (κ3) is 17.4. The fourth-order valence-electron chi connectivity index (χ4n) is 33.7. The molecule has 0 spiro atoms. The third-order valence-corrected chi connectivity index (χ3v) is 39.2. The molecule has 16 fully saturated rings. The van der Waals surface area contributed by atoms with E-state index in [-0.39, 0.29) is 106 Å². The summed E-state index contributed by atoms with van der Waals surface area (Å²) in [5.41, 5.74) is 0.222. The Hall–Kier alpha value is -6.11. The van der Waals surface area contributed by atoms with Gasteiger partial charge in [-0.15, -0.1) is 15.3 Å². The molecule has 124 heavy (non-hydrogen) atoms. The van der Waals surface area contributed by atoms with Crippen LogP contribution >= 0.6 is 0 Å². The Bertz CT molecular complexity index is 4430. The molecule has 4 aromatic heterocycles. The van der Waals surface area contributed by atoms with Crippen LogP contribution in [0.5, 0.6) is 0 Å². The molecule has 4 N–H and O–H groups in total. The number of aliphatic hydroxyl groups is 4. The lowest BCUT2D eigenvalue weighted by Crippen LogP contribution is -2.51. The first kappa shape index (κ1) is 89.9. The Balaban J connectivity index is 0.000000117. The molecule has 0 unspecified atom stereocenters. The average Bonchev–Trinajstić information content (AvgIpc) is 1.52. The van der Waals surface area contributed by atoms with E-state index in [4.69, 9.17) is 4.74 Å². The number of ether oxygens (including phenoxy) is 1. The van der Waals surface area contributed by atoms with E-state index in [0.29, 0.717) is 65.1 Å². The molecule has 16 aliphatic rings. The van der Waals surface area contributed by atoms with Crippen molar-refractivity contribution in [3.8, 4) is 0 Å². The Morgan fingerprint density at radius 1 is 0.355 bits per heavy atom. The second-order valence-electron chi connectivity index (χ2n) is 46.4. The van der Waals surface area contributed by atoms with Crippen molar-refractivity contribution in [3.05, 3.63) is 47.6 Å². The van der Waals surface area contributed by atoms with E-state index in [1.54, 1.807) is 17.9 Å². The van der Waals surface area contributed by atoms with Crippen LogP contribution in [0.4, 0.5) is 0 Å². The van der Waals surface area contributed by atoms with Crippen LogP contribution in [0.1, 0.15) is 344 Å². The molecule has 24 nitrogen and oxygen atoms in total. The summed E-state index contributed by atoms with van der Waals surface area (Å²) >= 11 is 0. The smallest absolute Gasteiger partial charge is 0.360 e. The normalized spacial score (nSPS) is 44.3. The Morgan fingerprint density at radius 2 is 0.645 bits per heavy atom. The van der Waals surface area contributed by atoms with Gasteiger partial charge in [0.2, 0.25) is 0 Å². The average molecular weight is 1710 g/mol. The zero-order chi connectivity index (χ0) is 87.7. The van der Waals surface area contributed by atoms with E-state index < -0.39 is 28.4 Å². The first-order chi connectivity index (χ1) is 58.8. The van der Waals surface area contributed by atoms with Crippen molar-refractivity contribution in [1.82, 2.24) is 60.0 Å². The SMILES string of the molecule is CC(=O)c1cnn(CC(=O)[C@H]2CC[C@H]3[C@@H]4CC[C@@H]5C[C@](C)(O)CC[C@@H]5[C@H]4CC[C@]23C)n1.CC(=O)c1cnn(CC(=O)[C@H]2CC[C@H]3[C@@H]4CC[C@@H]5C[C@](C)(O)CC[C@@H]5[C@H]4CC[C@]23C)n1.CCOC(=O)c1cn(CC(=O)[C@H]2CC[C@H]3[C@@H]4CC[C@@H]5C[C@](C)(O)CC[C@@H]5[C@H]4CC[C@]23C)nn1.Cc1cnn(CC(=O)[C@H]2CC[C@H]3[C@@H]4CC[C@@H]5C[C@](C)(O)CC[C@@H]5[C@H]4CC[C@]23C)n1. The quantitative estimate of drug-likeness (QED) is 0.0598. The van der Waals surface area contributed by atoms with Crippen LogP contribution in [0.3, 0.4) is 0 Å². The van der Waals surface area contributed by atoms with Crippen molar-refractivity contribution in [2.24, 2.45) is 164 Å². The molecule has 16 saturated carbocycles. The zero-order valence-corrected chi connectivity index (χ0v) is 77.1. The van der Waals surface area contributed by atoms with Crippen molar-refractivity contribution >= 4 is 40.7 Å². The first-order valence-electron chi connectivity index (χ1n) is 49.6. The second kappa shape index (κ2) is 34.6. The number of Topliss-reactive ketones (excluding diaryl/α,β-unsaturated/α-hetero) is 6. The third-order valence-electron chi connectivity index (χ3n) is 39.2. The maximum atomic E-state index is 13.4. The highest BCUT2D eigenvalue weighted by Gasteiger charge is 2.64. The van der Waals surface area contributed by atoms with Crippen LogP contribution in [-0.4, -0.2) is 150 Å². The number of hydrogen-bond acceptors (Lipinski definition) is 20. The first-order valence-corrected chi connectivity index (χ1v) is 49.6. The highest BCUT2D eigenvalue weighted by atomic mass is 16.5. The number of carbonyl (C=O) groups is 7. The zero-order valence-electron chi connectivity index (χ0n) is 77.1. The van der Waals surface area contributed by atoms with E-state index in [0.717, 1.165) is 198 Å². The van der Waals surface area contributed by atoms with Gasteiger partial charge in [-0.2, -0.15) is 34.8 Å². The van der Waals surface area contributed by atoms with Crippen molar-refractivity contribution in [3.63, 3.8) is 0 Å². The van der Waals surface area contributed by atoms with Crippen LogP contribution in [0, 0.1) is 171 Å². The molecule has 4 aromatic rings. The van der Waals surface area contributed by atoms with Gasteiger partial charge in [-0.05, 0) is 413 Å². The molecular weight excluding hydrogens is 1560 g/mol. The van der Waals surface area contributed by atoms with E-state index in [1.807, 2.05) is 34.6 Å². The molecule has 0 amide bonds. The van der Waals surface area contributed by atoms with Crippen molar-refractivity contribution in [2.45, 2.75) is 363 Å². The summed E-state index contributed by atoms with van der Waals surface area (Å²) < 4.78 is 6.47. The minimum absolute atomic E-state index is 0.0588. The molecule has 0 aromatic carbocycles. The topological polar surface area (TPSA) is 332 Å². The van der Waals surface area contributed by atoms with Crippen LogP contribution in [-0.2, 0) is 50.1 Å². The van der Waals surface area contributed by atoms with E-state index >= 15 is 0 Å². The lowest BCUT2D eigenvalue weighted by atomic mass is 9.49. The molecule has 32 atom stereocenters. The van der Waals surface area contributed by atoms with Gasteiger partial charge in [-0.3, -0.25) is 28.8 Å². The molecule has 24 heteroatoms. The number of aromatic nitrogens is 12. The molecule has 0 radical (unpaired) electrons. The number of rotatable bonds is 16. The summed E-state index contributed by atoms with van der Waals surface area (Å²) in [4.78, 5) is 92.5. The highest BCUT2D eigenvalue weighted by Crippen LogP contribution is 2.70. The number of fused-ring (bicyclic) bond motifs is 20. The highest BCUT2D eigenvalue weighted by molar-refractivity contribution is 5.92. The number of hydrogen-bond donors (Lipinski definition) is 4. The van der Waals surface area contributed by atoms with Crippen molar-refractivity contribution in [2.75, 3.05) is 6.61 Å². The van der Waals surface area contributed by atoms with Crippen LogP contribution in [0.15, 0.2) is 24.8 Å². The van der Waals surface area contributed by atoms with Crippen molar-refractivity contribution in [1.29, 1.82) is 0 Å². The van der Waals surface area contributed by atoms with Crippen molar-refractivity contribution < 1.29 is 58.7 Å². The predicted molar refractivity (Wildman–Crippen MR) is 466 cm³/mol. The Labute approximate surface area is 736 Å². The van der Waals surface area contributed by atoms with Crippen LogP contribution in [0.25, 0.3) is 0 Å². The molecule has 4 heterocycles. The Morgan fingerprint density at radius 3 is 0.927 bits per heavy atom. The fourth-order valence-corrected chi connectivity index (χ4v) is 33.7. The van der Waals surface area contributed by atoms with Gasteiger partial charge in [0, 0.05) is 37.5 Å². The van der Waals surface area contributed by atoms with Gasteiger partial charge >= 0.3 is 5.97 Å². The maximum absolute atomic E-state index is 13.4. The predicted octanol–water partition coefficient (Wildman–Crippen LogP) is 16.4. The number of carbonyl (C=O) groups excluding carboxylic acids is 7. The lowest BCUT2D eigenvalue weighted by Gasteiger charge is -2.56. The molecule has 16 aliphatic carbocycles. The summed E-state index contributed by atoms with van der Waals surface area (Å²) in [6.45, 7) is 25.4. The van der Waals surface area contributed by atoms with Gasteiger partial charge in [-0.25, -0.2) is 9.48 Å². The molecular formula is C100H150N12O12. The second-order valence-corrected chi connectivity index (χ2v) is 46.4. The summed E-state index contributed by atoms with van der Waals surface area (Å²) in [7, 11) is 0. The van der Waals surface area contributed by atoms with Gasteiger partial charge in [0.05, 0.1) is 59.5 Å². The number of aryl methyl sites for hydroxylation is 1. The van der Waals surface area contributed by atoms with Gasteiger partial charge in [0.1, 0.15) is 37.6 Å². The molecule has 20 rings (SSSR count). The molecule has 0 bridgehead atoms. The number of nitrogens with zero attached hydrogens (tertiary/aromatic N) is 12. The van der Waals surface area contributed by atoms with Gasteiger partial charge in [-0.1, -0.05) is 32.9 Å². The van der Waals surface area contributed by atoms with E-state index in [2.05, 4.69) is 68.6 Å². The molecule has 682 valence electrons. The molecule has 0 aliphatic heterocycles. The van der Waals surface area contributed by atoms with Crippen LogP contribution < -0.4 is 0 Å².